The van der Waals surface area contributed by atoms with Crippen LogP contribution in [-0.2, 0) is 4.79 Å². The van der Waals surface area contributed by atoms with E-state index in [1.54, 1.807) is 17.5 Å². The van der Waals surface area contributed by atoms with Gasteiger partial charge in [-0.25, -0.2) is 0 Å². The Bertz CT molecular complexity index is 586. The maximum absolute atomic E-state index is 11.6. The van der Waals surface area contributed by atoms with Crippen LogP contribution in [0.2, 0.25) is 0 Å². The fourth-order valence-electron chi connectivity index (χ4n) is 3.03. The molecule has 0 spiro atoms. The van der Waals surface area contributed by atoms with E-state index in [9.17, 15) is 9.90 Å². The van der Waals surface area contributed by atoms with Gasteiger partial charge in [-0.3, -0.25) is 14.7 Å². The fraction of sp³-hybridized carbons (Fsp3) is 0.375. The van der Waals surface area contributed by atoms with E-state index in [1.165, 1.54) is 4.88 Å². The number of aliphatic carboxylic acids is 1. The van der Waals surface area contributed by atoms with Crippen LogP contribution in [0.3, 0.4) is 0 Å². The number of pyridine rings is 1. The molecule has 1 aliphatic heterocycles. The van der Waals surface area contributed by atoms with Crippen molar-refractivity contribution in [2.45, 2.75) is 31.3 Å². The summed E-state index contributed by atoms with van der Waals surface area (Å²) < 4.78 is 0. The first kappa shape index (κ1) is 14.2. The molecule has 0 radical (unpaired) electrons. The first-order chi connectivity index (χ1) is 10.3. The lowest BCUT2D eigenvalue weighted by Crippen LogP contribution is -2.46. The summed E-state index contributed by atoms with van der Waals surface area (Å²) in [5, 5.41) is 11.6. The van der Waals surface area contributed by atoms with E-state index in [-0.39, 0.29) is 6.04 Å². The Kier molecular flexibility index (Phi) is 4.31. The number of carboxylic acid groups (broad SMARTS) is 1. The predicted octanol–water partition coefficient (Wildman–Crippen LogP) is 3.17. The highest BCUT2D eigenvalue weighted by atomic mass is 32.1. The summed E-state index contributed by atoms with van der Waals surface area (Å²) in [6.45, 7) is 0.814. The van der Waals surface area contributed by atoms with Gasteiger partial charge in [0, 0.05) is 17.3 Å². The summed E-state index contributed by atoms with van der Waals surface area (Å²) in [4.78, 5) is 19.1. The topological polar surface area (TPSA) is 53.4 Å². The summed E-state index contributed by atoms with van der Waals surface area (Å²) in [6.07, 6.45) is 6.35. The zero-order valence-electron chi connectivity index (χ0n) is 11.7. The number of carbonyl (C=O) groups is 1. The van der Waals surface area contributed by atoms with Gasteiger partial charge >= 0.3 is 5.97 Å². The van der Waals surface area contributed by atoms with Gasteiger partial charge in [0.1, 0.15) is 6.04 Å². The molecule has 0 bridgehead atoms. The molecule has 4 nitrogen and oxygen atoms in total. The van der Waals surface area contributed by atoms with Crippen molar-refractivity contribution in [1.29, 1.82) is 0 Å². The highest BCUT2D eigenvalue weighted by Gasteiger charge is 2.35. The maximum atomic E-state index is 11.6. The molecule has 110 valence electrons. The quantitative estimate of drug-likeness (QED) is 0.942. The minimum absolute atomic E-state index is 0.0138. The van der Waals surface area contributed by atoms with E-state index >= 15 is 0 Å². The highest BCUT2D eigenvalue weighted by Crippen LogP contribution is 2.35. The maximum Gasteiger partial charge on any atom is 0.320 e. The van der Waals surface area contributed by atoms with Gasteiger partial charge < -0.3 is 5.11 Å². The van der Waals surface area contributed by atoms with E-state index in [0.29, 0.717) is 0 Å². The van der Waals surface area contributed by atoms with Crippen LogP contribution < -0.4 is 0 Å². The third-order valence-electron chi connectivity index (χ3n) is 3.97. The molecule has 0 aromatic carbocycles. The van der Waals surface area contributed by atoms with Crippen molar-refractivity contribution in [3.05, 3.63) is 52.5 Å². The molecule has 3 heterocycles. The smallest absolute Gasteiger partial charge is 0.320 e. The molecule has 21 heavy (non-hydrogen) atoms. The van der Waals surface area contributed by atoms with Crippen LogP contribution in [0.4, 0.5) is 0 Å². The van der Waals surface area contributed by atoms with Gasteiger partial charge in [-0.1, -0.05) is 18.6 Å². The number of aromatic nitrogens is 1. The monoisotopic (exact) mass is 302 g/mol. The minimum Gasteiger partial charge on any atom is -0.480 e. The molecule has 2 atom stereocenters. The number of carboxylic acids is 1. The number of hydrogen-bond donors (Lipinski definition) is 1. The molecule has 0 aliphatic carbocycles. The summed E-state index contributed by atoms with van der Waals surface area (Å²) in [6, 6.07) is 7.62. The third kappa shape index (κ3) is 2.99. The van der Waals surface area contributed by atoms with Crippen LogP contribution in [0.1, 0.15) is 35.7 Å². The number of likely N-dealkylation sites (tertiary alicyclic amines) is 1. The van der Waals surface area contributed by atoms with Crippen LogP contribution in [-0.4, -0.2) is 33.5 Å². The Labute approximate surface area is 128 Å². The van der Waals surface area contributed by atoms with Crippen molar-refractivity contribution >= 4 is 17.3 Å². The summed E-state index contributed by atoms with van der Waals surface area (Å²) in [7, 11) is 0. The first-order valence-electron chi connectivity index (χ1n) is 7.19. The van der Waals surface area contributed by atoms with E-state index in [1.807, 2.05) is 29.8 Å². The molecule has 0 saturated carbocycles. The standard InChI is InChI=1S/C16H18N2O2S/c19-16(20)13-6-1-2-9-18(13)15(14-7-4-10-21-14)12-5-3-8-17-11-12/h3-5,7-8,10-11,13,15H,1-2,6,9H2,(H,19,20). The van der Waals surface area contributed by atoms with Crippen LogP contribution >= 0.6 is 11.3 Å². The number of hydrogen-bond acceptors (Lipinski definition) is 4. The molecular formula is C16H18N2O2S. The number of nitrogens with zero attached hydrogens (tertiary/aromatic N) is 2. The lowest BCUT2D eigenvalue weighted by atomic mass is 9.96. The van der Waals surface area contributed by atoms with Crippen LogP contribution in [0.25, 0.3) is 0 Å². The van der Waals surface area contributed by atoms with Crippen LogP contribution in [0.15, 0.2) is 42.0 Å². The largest absolute Gasteiger partial charge is 0.480 e. The van der Waals surface area contributed by atoms with Gasteiger partial charge in [0.25, 0.3) is 0 Å². The van der Waals surface area contributed by atoms with Crippen LogP contribution in [0, 0.1) is 0 Å². The molecule has 0 amide bonds. The molecular weight excluding hydrogens is 284 g/mol. The number of piperidine rings is 1. The average molecular weight is 302 g/mol. The molecule has 2 aromatic heterocycles. The van der Waals surface area contributed by atoms with Crippen molar-refractivity contribution in [2.75, 3.05) is 6.54 Å². The second-order valence-corrected chi connectivity index (χ2v) is 6.27. The Hall–Kier alpha value is -1.72. The number of rotatable bonds is 4. The minimum atomic E-state index is -0.722. The summed E-state index contributed by atoms with van der Waals surface area (Å²) >= 11 is 1.67. The van der Waals surface area contributed by atoms with Gasteiger partial charge in [-0.05, 0) is 42.5 Å². The fourth-order valence-corrected chi connectivity index (χ4v) is 3.90. The first-order valence-corrected chi connectivity index (χ1v) is 8.07. The van der Waals surface area contributed by atoms with Gasteiger partial charge in [0.2, 0.25) is 0 Å². The zero-order valence-corrected chi connectivity index (χ0v) is 12.5. The second-order valence-electron chi connectivity index (χ2n) is 5.29. The molecule has 5 heteroatoms. The molecule has 1 saturated heterocycles. The molecule has 1 N–H and O–H groups in total. The van der Waals surface area contributed by atoms with E-state index in [0.717, 1.165) is 31.4 Å². The summed E-state index contributed by atoms with van der Waals surface area (Å²) in [5.41, 5.74) is 1.06. The third-order valence-corrected chi connectivity index (χ3v) is 4.90. The predicted molar refractivity (Wildman–Crippen MR) is 82.4 cm³/mol. The lowest BCUT2D eigenvalue weighted by molar-refractivity contribution is -0.145. The second kappa shape index (κ2) is 6.37. The van der Waals surface area contributed by atoms with Crippen LogP contribution in [0.5, 0.6) is 0 Å². The average Bonchev–Trinajstić information content (AvgIpc) is 3.03. The lowest BCUT2D eigenvalue weighted by Gasteiger charge is -2.38. The van der Waals surface area contributed by atoms with Crippen molar-refractivity contribution in [2.24, 2.45) is 0 Å². The molecule has 1 aliphatic rings. The number of thiophene rings is 1. The van der Waals surface area contributed by atoms with Gasteiger partial charge in [-0.2, -0.15) is 0 Å². The molecule has 3 rings (SSSR count). The Morgan fingerprint density at radius 2 is 2.29 bits per heavy atom. The van der Waals surface area contributed by atoms with E-state index < -0.39 is 12.0 Å². The van der Waals surface area contributed by atoms with E-state index in [2.05, 4.69) is 16.0 Å². The van der Waals surface area contributed by atoms with Crippen molar-refractivity contribution in [3.8, 4) is 0 Å². The van der Waals surface area contributed by atoms with Crippen molar-refractivity contribution < 1.29 is 9.90 Å². The summed E-state index contributed by atoms with van der Waals surface area (Å²) in [5.74, 6) is -0.722. The molecule has 2 unspecified atom stereocenters. The highest BCUT2D eigenvalue weighted by molar-refractivity contribution is 7.10. The Balaban J connectivity index is 2.00. The molecule has 1 fully saturated rings. The zero-order chi connectivity index (χ0) is 14.7. The Morgan fingerprint density at radius 1 is 1.38 bits per heavy atom. The van der Waals surface area contributed by atoms with Gasteiger partial charge in [-0.15, -0.1) is 11.3 Å². The molecule has 2 aromatic rings. The van der Waals surface area contributed by atoms with Gasteiger partial charge in [0.15, 0.2) is 0 Å². The van der Waals surface area contributed by atoms with Gasteiger partial charge in [0.05, 0.1) is 6.04 Å². The van der Waals surface area contributed by atoms with Crippen molar-refractivity contribution in [3.63, 3.8) is 0 Å². The SMILES string of the molecule is O=C(O)C1CCCCN1C(c1cccnc1)c1cccs1. The normalized spacial score (nSPS) is 21.0. The van der Waals surface area contributed by atoms with Crippen molar-refractivity contribution in [1.82, 2.24) is 9.88 Å². The van der Waals surface area contributed by atoms with E-state index in [4.69, 9.17) is 0 Å². The Morgan fingerprint density at radius 3 is 2.95 bits per heavy atom.